The van der Waals surface area contributed by atoms with Gasteiger partial charge in [-0.15, -0.1) is 0 Å². The molecule has 1 spiro atoms. The molecule has 1 aliphatic carbocycles. The minimum Gasteiger partial charge on any atom is -0.348 e. The summed E-state index contributed by atoms with van der Waals surface area (Å²) in [6, 6.07) is 0. The summed E-state index contributed by atoms with van der Waals surface area (Å²) < 4.78 is 11.6. The molecule has 4 heteroatoms. The Morgan fingerprint density at radius 3 is 2.30 bits per heavy atom. The molecule has 1 N–H and O–H groups in total. The first-order valence-electron chi connectivity index (χ1n) is 8.49. The number of nitrogens with zero attached hydrogens (tertiary/aromatic N) is 1. The predicted octanol–water partition coefficient (Wildman–Crippen LogP) is 2.24. The lowest BCUT2D eigenvalue weighted by Crippen LogP contribution is -2.36. The second-order valence-electron chi connectivity index (χ2n) is 6.12. The Morgan fingerprint density at radius 1 is 1.05 bits per heavy atom. The highest BCUT2D eigenvalue weighted by molar-refractivity contribution is 4.82. The predicted molar refractivity (Wildman–Crippen MR) is 81.9 cm³/mol. The Hall–Kier alpha value is -0.160. The quantitative estimate of drug-likeness (QED) is 0.693. The van der Waals surface area contributed by atoms with Crippen molar-refractivity contribution in [3.05, 3.63) is 0 Å². The summed E-state index contributed by atoms with van der Waals surface area (Å²) in [4.78, 5) is 2.46. The molecule has 1 aliphatic heterocycles. The fourth-order valence-corrected chi connectivity index (χ4v) is 3.40. The van der Waals surface area contributed by atoms with Crippen LogP contribution < -0.4 is 5.32 Å². The van der Waals surface area contributed by atoms with E-state index in [4.69, 9.17) is 9.47 Å². The van der Waals surface area contributed by atoms with E-state index in [2.05, 4.69) is 24.1 Å². The lowest BCUT2D eigenvalue weighted by molar-refractivity contribution is -0.182. The van der Waals surface area contributed by atoms with E-state index >= 15 is 0 Å². The third kappa shape index (κ3) is 4.69. The summed E-state index contributed by atoms with van der Waals surface area (Å²) in [5, 5.41) is 3.59. The molecule has 0 radical (unpaired) electrons. The molecule has 1 saturated heterocycles. The molecule has 1 heterocycles. The Bertz CT molecular complexity index is 253. The summed E-state index contributed by atoms with van der Waals surface area (Å²) in [6.45, 7) is 11.8. The van der Waals surface area contributed by atoms with Crippen molar-refractivity contribution in [2.75, 3.05) is 45.9 Å². The Labute approximate surface area is 124 Å². The third-order valence-electron chi connectivity index (χ3n) is 4.91. The van der Waals surface area contributed by atoms with Crippen LogP contribution in [0.5, 0.6) is 0 Å². The maximum atomic E-state index is 5.78. The van der Waals surface area contributed by atoms with E-state index in [9.17, 15) is 0 Å². The molecule has 2 fully saturated rings. The van der Waals surface area contributed by atoms with Crippen molar-refractivity contribution in [1.82, 2.24) is 10.2 Å². The van der Waals surface area contributed by atoms with Crippen LogP contribution in [0.4, 0.5) is 0 Å². The van der Waals surface area contributed by atoms with Gasteiger partial charge in [0, 0.05) is 25.9 Å². The highest BCUT2D eigenvalue weighted by atomic mass is 16.7. The smallest absolute Gasteiger partial charge is 0.168 e. The second-order valence-corrected chi connectivity index (χ2v) is 6.12. The van der Waals surface area contributed by atoms with Crippen molar-refractivity contribution >= 4 is 0 Å². The van der Waals surface area contributed by atoms with Crippen LogP contribution in [0, 0.1) is 5.92 Å². The van der Waals surface area contributed by atoms with E-state index in [-0.39, 0.29) is 5.79 Å². The number of likely N-dealkylation sites (N-methyl/N-ethyl adjacent to an activating group) is 1. The summed E-state index contributed by atoms with van der Waals surface area (Å²) in [7, 11) is 0. The zero-order valence-corrected chi connectivity index (χ0v) is 13.3. The van der Waals surface area contributed by atoms with Crippen molar-refractivity contribution < 1.29 is 9.47 Å². The van der Waals surface area contributed by atoms with Crippen LogP contribution in [0.1, 0.15) is 46.0 Å². The third-order valence-corrected chi connectivity index (χ3v) is 4.91. The van der Waals surface area contributed by atoms with Crippen LogP contribution in [-0.4, -0.2) is 56.6 Å². The average Bonchev–Trinajstić information content (AvgIpc) is 2.93. The van der Waals surface area contributed by atoms with Crippen LogP contribution in [0.2, 0.25) is 0 Å². The van der Waals surface area contributed by atoms with Gasteiger partial charge in [-0.1, -0.05) is 13.8 Å². The van der Waals surface area contributed by atoms with E-state index < -0.39 is 0 Å². The highest BCUT2D eigenvalue weighted by Gasteiger charge is 2.39. The molecule has 0 bridgehead atoms. The number of ether oxygens (including phenoxy) is 2. The Kier molecular flexibility index (Phi) is 6.75. The minimum atomic E-state index is -0.188. The first kappa shape index (κ1) is 16.2. The molecule has 0 aromatic carbocycles. The Morgan fingerprint density at radius 2 is 1.70 bits per heavy atom. The lowest BCUT2D eigenvalue weighted by Gasteiger charge is -2.35. The topological polar surface area (TPSA) is 33.7 Å². The van der Waals surface area contributed by atoms with Gasteiger partial charge in [0.1, 0.15) is 0 Å². The van der Waals surface area contributed by atoms with Crippen molar-refractivity contribution in [3.63, 3.8) is 0 Å². The molecule has 118 valence electrons. The molecule has 0 amide bonds. The first-order chi connectivity index (χ1) is 9.78. The van der Waals surface area contributed by atoms with E-state index in [1.54, 1.807) is 0 Å². The molecule has 2 aliphatic rings. The first-order valence-corrected chi connectivity index (χ1v) is 8.49. The fourth-order valence-electron chi connectivity index (χ4n) is 3.40. The van der Waals surface area contributed by atoms with Gasteiger partial charge in [0.25, 0.3) is 0 Å². The SMILES string of the molecule is CCN(CC)CCNCCC1CCC2(CC1)OCCO2. The summed E-state index contributed by atoms with van der Waals surface area (Å²) in [5.41, 5.74) is 0. The van der Waals surface area contributed by atoms with E-state index in [1.165, 1.54) is 25.8 Å². The molecule has 0 unspecified atom stereocenters. The van der Waals surface area contributed by atoms with Crippen molar-refractivity contribution in [1.29, 1.82) is 0 Å². The molecule has 4 nitrogen and oxygen atoms in total. The van der Waals surface area contributed by atoms with Gasteiger partial charge >= 0.3 is 0 Å². The maximum Gasteiger partial charge on any atom is 0.168 e. The fraction of sp³-hybridized carbons (Fsp3) is 1.00. The van der Waals surface area contributed by atoms with Crippen molar-refractivity contribution in [2.45, 2.75) is 51.7 Å². The van der Waals surface area contributed by atoms with E-state index in [0.29, 0.717) is 0 Å². The van der Waals surface area contributed by atoms with Gasteiger partial charge in [-0.3, -0.25) is 0 Å². The van der Waals surface area contributed by atoms with Gasteiger partial charge in [-0.05, 0) is 44.8 Å². The molecule has 0 aromatic heterocycles. The standard InChI is InChI=1S/C16H32N2O2/c1-3-18(4-2)12-11-17-10-7-15-5-8-16(9-6-15)19-13-14-20-16/h15,17H,3-14H2,1-2H3. The zero-order chi connectivity index (χ0) is 14.3. The van der Waals surface area contributed by atoms with Crippen molar-refractivity contribution in [3.8, 4) is 0 Å². The summed E-state index contributed by atoms with van der Waals surface area (Å²) >= 11 is 0. The number of rotatable bonds is 8. The summed E-state index contributed by atoms with van der Waals surface area (Å²) in [5.74, 6) is 0.668. The lowest BCUT2D eigenvalue weighted by atomic mass is 9.83. The van der Waals surface area contributed by atoms with Gasteiger partial charge in [0.05, 0.1) is 13.2 Å². The number of hydrogen-bond donors (Lipinski definition) is 1. The van der Waals surface area contributed by atoms with Crippen LogP contribution in [0.15, 0.2) is 0 Å². The number of hydrogen-bond acceptors (Lipinski definition) is 4. The van der Waals surface area contributed by atoms with Gasteiger partial charge in [0.15, 0.2) is 5.79 Å². The molecule has 20 heavy (non-hydrogen) atoms. The van der Waals surface area contributed by atoms with Crippen LogP contribution in [-0.2, 0) is 9.47 Å². The van der Waals surface area contributed by atoms with Gasteiger partial charge in [0.2, 0.25) is 0 Å². The second kappa shape index (κ2) is 8.32. The summed E-state index contributed by atoms with van der Waals surface area (Å²) in [6.07, 6.45) is 6.01. The van der Waals surface area contributed by atoms with Gasteiger partial charge in [-0.25, -0.2) is 0 Å². The van der Waals surface area contributed by atoms with Gasteiger partial charge < -0.3 is 19.7 Å². The average molecular weight is 284 g/mol. The van der Waals surface area contributed by atoms with E-state index in [1.807, 2.05) is 0 Å². The monoisotopic (exact) mass is 284 g/mol. The largest absolute Gasteiger partial charge is 0.348 e. The van der Waals surface area contributed by atoms with Crippen molar-refractivity contribution in [2.24, 2.45) is 5.92 Å². The molecular weight excluding hydrogens is 252 g/mol. The molecule has 0 atom stereocenters. The minimum absolute atomic E-state index is 0.188. The molecule has 1 saturated carbocycles. The zero-order valence-electron chi connectivity index (χ0n) is 13.3. The van der Waals surface area contributed by atoms with Gasteiger partial charge in [-0.2, -0.15) is 0 Å². The number of nitrogens with one attached hydrogen (secondary N) is 1. The highest BCUT2D eigenvalue weighted by Crippen LogP contribution is 2.39. The maximum absolute atomic E-state index is 5.78. The van der Waals surface area contributed by atoms with Crippen LogP contribution >= 0.6 is 0 Å². The van der Waals surface area contributed by atoms with E-state index in [0.717, 1.165) is 58.2 Å². The molecule has 2 rings (SSSR count). The van der Waals surface area contributed by atoms with Crippen LogP contribution in [0.25, 0.3) is 0 Å². The normalized spacial score (nSPS) is 22.9. The van der Waals surface area contributed by atoms with Crippen LogP contribution in [0.3, 0.4) is 0 Å². The molecule has 0 aromatic rings. The Balaban J connectivity index is 1.51. The molecular formula is C16H32N2O2.